The van der Waals surface area contributed by atoms with Crippen LogP contribution < -0.4 is 33.6 Å². The molecule has 0 aliphatic heterocycles. The van der Waals surface area contributed by atoms with Crippen molar-refractivity contribution in [2.75, 3.05) is 23.7 Å². The van der Waals surface area contributed by atoms with E-state index in [1.807, 2.05) is 48.5 Å². The lowest BCUT2D eigenvalue weighted by molar-refractivity contribution is 0.653. The normalized spacial score (nSPS) is 13.1. The average Bonchev–Trinajstić information content (AvgIpc) is 3.07. The maximum atomic E-state index is 6.09. The van der Waals surface area contributed by atoms with Crippen molar-refractivity contribution >= 4 is 78.3 Å². The highest BCUT2D eigenvalue weighted by Gasteiger charge is 2.04. The van der Waals surface area contributed by atoms with Gasteiger partial charge in [0.1, 0.15) is 0 Å². The molecule has 0 spiro atoms. The molecule has 6 aromatic rings. The van der Waals surface area contributed by atoms with E-state index in [9.17, 15) is 0 Å². The molecule has 0 amide bonds. The maximum Gasteiger partial charge on any atom is 0.218 e. The Balaban J connectivity index is 0.902. The SMILES string of the molecule is NC(=NCCCCCCN=C(N)/N=C(\N)Nc1ccc2cc3ccccc3cc2c1)/N=C(\N)Nc1ccc2cc3ccccc3cc2c1. The molecule has 6 aromatic carbocycles. The first-order valence-electron chi connectivity index (χ1n) is 16.1. The van der Waals surface area contributed by atoms with Crippen molar-refractivity contribution in [3.05, 3.63) is 109 Å². The summed E-state index contributed by atoms with van der Waals surface area (Å²) in [6.07, 6.45) is 3.69. The number of nitrogens with two attached hydrogens (primary N) is 4. The second-order valence-electron chi connectivity index (χ2n) is 11.7. The first kappa shape index (κ1) is 31.8. The summed E-state index contributed by atoms with van der Waals surface area (Å²) in [4.78, 5) is 17.1. The number of unbranched alkanes of at least 4 members (excludes halogenated alkanes) is 3. The molecule has 48 heavy (non-hydrogen) atoms. The first-order valence-corrected chi connectivity index (χ1v) is 16.1. The number of nitrogens with zero attached hydrogens (tertiary/aromatic N) is 4. The van der Waals surface area contributed by atoms with Gasteiger partial charge in [-0.2, -0.15) is 9.98 Å². The number of anilines is 2. The number of benzene rings is 6. The van der Waals surface area contributed by atoms with Gasteiger partial charge in [0.05, 0.1) is 0 Å². The topological polar surface area (TPSA) is 178 Å². The lowest BCUT2D eigenvalue weighted by atomic mass is 10.0. The Bertz CT molecular complexity index is 2040. The van der Waals surface area contributed by atoms with E-state index in [2.05, 4.69) is 91.3 Å². The minimum absolute atomic E-state index is 0.144. The molecule has 0 saturated carbocycles. The third kappa shape index (κ3) is 8.35. The van der Waals surface area contributed by atoms with Crippen LogP contribution in [0.15, 0.2) is 129 Å². The highest BCUT2D eigenvalue weighted by Crippen LogP contribution is 2.26. The molecule has 0 bridgehead atoms. The van der Waals surface area contributed by atoms with Crippen LogP contribution in [0, 0.1) is 0 Å². The van der Waals surface area contributed by atoms with Crippen LogP contribution in [0.25, 0.3) is 43.1 Å². The van der Waals surface area contributed by atoms with E-state index < -0.39 is 0 Å². The van der Waals surface area contributed by atoms with E-state index in [4.69, 9.17) is 22.9 Å². The van der Waals surface area contributed by atoms with Crippen molar-refractivity contribution in [2.45, 2.75) is 25.7 Å². The molecule has 0 unspecified atom stereocenters. The summed E-state index contributed by atoms with van der Waals surface area (Å²) >= 11 is 0. The van der Waals surface area contributed by atoms with Crippen molar-refractivity contribution < 1.29 is 0 Å². The average molecular weight is 637 g/mol. The van der Waals surface area contributed by atoms with E-state index in [-0.39, 0.29) is 23.8 Å². The van der Waals surface area contributed by atoms with Crippen LogP contribution in [0.1, 0.15) is 25.7 Å². The van der Waals surface area contributed by atoms with Gasteiger partial charge in [0.2, 0.25) is 23.8 Å². The molecule has 6 rings (SSSR count). The quantitative estimate of drug-likeness (QED) is 0.0448. The molecule has 10 N–H and O–H groups in total. The first-order chi connectivity index (χ1) is 23.4. The Morgan fingerprint density at radius 2 is 0.771 bits per heavy atom. The second-order valence-corrected chi connectivity index (χ2v) is 11.7. The molecular formula is C38H40N10. The summed E-state index contributed by atoms with van der Waals surface area (Å²) in [5.41, 5.74) is 25.8. The van der Waals surface area contributed by atoms with E-state index in [1.54, 1.807) is 0 Å². The number of nitrogens with one attached hydrogen (secondary N) is 2. The fourth-order valence-electron chi connectivity index (χ4n) is 5.67. The van der Waals surface area contributed by atoms with E-state index in [0.717, 1.165) is 58.6 Å². The van der Waals surface area contributed by atoms with Gasteiger partial charge >= 0.3 is 0 Å². The standard InChI is InChI=1S/C38H40N10/c39-35(47-37(41)45-33-15-13-29-19-25-9-3-5-11-27(25)21-31(29)23-33)43-17-7-1-2-8-18-44-36(40)48-38(42)46-34-16-14-30-20-26-10-4-6-12-28(26)22-32(30)24-34/h3-6,9-16,19-24H,1-2,7-8,17-18H2,(H5,39,41,43,45,47)(H5,40,42,44,46,48). The molecular weight excluding hydrogens is 596 g/mol. The summed E-state index contributed by atoms with van der Waals surface area (Å²) in [7, 11) is 0. The number of hydrogen-bond acceptors (Lipinski definition) is 2. The third-order valence-electron chi connectivity index (χ3n) is 8.04. The molecule has 0 fully saturated rings. The molecule has 0 radical (unpaired) electrons. The van der Waals surface area contributed by atoms with Gasteiger partial charge in [0, 0.05) is 24.5 Å². The Morgan fingerprint density at radius 1 is 0.417 bits per heavy atom. The zero-order valence-corrected chi connectivity index (χ0v) is 26.7. The largest absolute Gasteiger partial charge is 0.369 e. The fourth-order valence-corrected chi connectivity index (χ4v) is 5.67. The minimum Gasteiger partial charge on any atom is -0.369 e. The number of hydrogen-bond donors (Lipinski definition) is 6. The predicted octanol–water partition coefficient (Wildman–Crippen LogP) is 6.64. The zero-order chi connectivity index (χ0) is 33.3. The van der Waals surface area contributed by atoms with Gasteiger partial charge in [-0.05, 0) is 104 Å². The van der Waals surface area contributed by atoms with Gasteiger partial charge in [-0.3, -0.25) is 9.98 Å². The lowest BCUT2D eigenvalue weighted by Crippen LogP contribution is -2.26. The van der Waals surface area contributed by atoms with Gasteiger partial charge in [0.25, 0.3) is 0 Å². The summed E-state index contributed by atoms with van der Waals surface area (Å²) in [6.45, 7) is 1.13. The summed E-state index contributed by atoms with van der Waals surface area (Å²) in [6, 6.07) is 37.4. The van der Waals surface area contributed by atoms with Crippen molar-refractivity contribution in [2.24, 2.45) is 42.9 Å². The van der Waals surface area contributed by atoms with E-state index in [0.29, 0.717) is 13.1 Å². The molecule has 0 atom stereocenters. The molecule has 10 nitrogen and oxygen atoms in total. The van der Waals surface area contributed by atoms with Gasteiger partial charge < -0.3 is 33.6 Å². The molecule has 0 aliphatic rings. The molecule has 0 saturated heterocycles. The monoisotopic (exact) mass is 636 g/mol. The van der Waals surface area contributed by atoms with Crippen LogP contribution in [-0.4, -0.2) is 36.9 Å². The van der Waals surface area contributed by atoms with Gasteiger partial charge in [0.15, 0.2) is 0 Å². The summed E-state index contributed by atoms with van der Waals surface area (Å²) < 4.78 is 0. The van der Waals surface area contributed by atoms with Crippen LogP contribution in [-0.2, 0) is 0 Å². The summed E-state index contributed by atoms with van der Waals surface area (Å²) in [5, 5.41) is 15.5. The Hall–Kier alpha value is -6.16. The van der Waals surface area contributed by atoms with Gasteiger partial charge in [-0.1, -0.05) is 73.5 Å². The fraction of sp³-hybridized carbons (Fsp3) is 0.158. The van der Waals surface area contributed by atoms with Crippen LogP contribution in [0.5, 0.6) is 0 Å². The van der Waals surface area contributed by atoms with Crippen molar-refractivity contribution in [3.63, 3.8) is 0 Å². The van der Waals surface area contributed by atoms with Crippen molar-refractivity contribution in [1.82, 2.24) is 0 Å². The zero-order valence-electron chi connectivity index (χ0n) is 26.7. The maximum absolute atomic E-state index is 6.09. The van der Waals surface area contributed by atoms with E-state index >= 15 is 0 Å². The van der Waals surface area contributed by atoms with Crippen LogP contribution in [0.2, 0.25) is 0 Å². The Kier molecular flexibility index (Phi) is 9.91. The van der Waals surface area contributed by atoms with E-state index in [1.165, 1.54) is 21.5 Å². The van der Waals surface area contributed by atoms with Crippen LogP contribution in [0.3, 0.4) is 0 Å². The Morgan fingerprint density at radius 3 is 1.17 bits per heavy atom. The lowest BCUT2D eigenvalue weighted by Gasteiger charge is -2.08. The number of guanidine groups is 4. The number of aliphatic imine (C=N–C) groups is 4. The number of rotatable bonds is 9. The number of fused-ring (bicyclic) bond motifs is 4. The molecule has 0 aromatic heterocycles. The molecule has 0 aliphatic carbocycles. The predicted molar refractivity (Wildman–Crippen MR) is 205 cm³/mol. The molecule has 242 valence electrons. The highest BCUT2D eigenvalue weighted by atomic mass is 15.2. The van der Waals surface area contributed by atoms with Gasteiger partial charge in [-0.25, -0.2) is 0 Å². The van der Waals surface area contributed by atoms with Crippen molar-refractivity contribution in [3.8, 4) is 0 Å². The second kappa shape index (κ2) is 15.0. The third-order valence-corrected chi connectivity index (χ3v) is 8.04. The van der Waals surface area contributed by atoms with Crippen LogP contribution in [0.4, 0.5) is 11.4 Å². The Labute approximate surface area is 279 Å². The highest BCUT2D eigenvalue weighted by molar-refractivity contribution is 6.05. The van der Waals surface area contributed by atoms with Crippen LogP contribution >= 0.6 is 0 Å². The van der Waals surface area contributed by atoms with Crippen molar-refractivity contribution in [1.29, 1.82) is 0 Å². The van der Waals surface area contributed by atoms with Gasteiger partial charge in [-0.15, -0.1) is 0 Å². The molecule has 10 heteroatoms. The summed E-state index contributed by atoms with van der Waals surface area (Å²) in [5.74, 6) is 0.670. The smallest absolute Gasteiger partial charge is 0.218 e. The molecule has 0 heterocycles. The minimum atomic E-state index is 0.144.